The third kappa shape index (κ3) is 4.49. The van der Waals surface area contributed by atoms with Crippen molar-refractivity contribution < 1.29 is 4.39 Å². The summed E-state index contributed by atoms with van der Waals surface area (Å²) in [4.78, 5) is -0.664. The van der Waals surface area contributed by atoms with Crippen molar-refractivity contribution in [2.45, 2.75) is 24.7 Å². The zero-order valence-corrected chi connectivity index (χ0v) is 5.69. The van der Waals surface area contributed by atoms with E-state index in [-0.39, 0.29) is 0 Å². The minimum atomic E-state index is -0.664. The maximum absolute atomic E-state index is 11.7. The van der Waals surface area contributed by atoms with E-state index < -0.39 is 4.96 Å². The van der Waals surface area contributed by atoms with Crippen LogP contribution in [0, 0.1) is 0 Å². The first kappa shape index (κ1) is 6.49. The Labute approximate surface area is 46.6 Å². The van der Waals surface area contributed by atoms with E-state index in [0.717, 1.165) is 6.42 Å². The fraction of sp³-hybridized carbons (Fsp3) is 1.00. The Bertz CT molecular complexity index is 28.7. The molecule has 0 heterocycles. The molecule has 0 aromatic carbocycles. The van der Waals surface area contributed by atoms with E-state index in [0.29, 0.717) is 6.42 Å². The summed E-state index contributed by atoms with van der Waals surface area (Å²) in [6.07, 6.45) is 1.62. The van der Waals surface area contributed by atoms with Crippen molar-refractivity contribution in [2.75, 3.05) is 0 Å². The van der Waals surface area contributed by atoms with E-state index in [4.69, 9.17) is 0 Å². The van der Waals surface area contributed by atoms with Crippen molar-refractivity contribution >= 4 is 16.9 Å². The number of rotatable bonds is 2. The monoisotopic (exact) mass is 150 g/mol. The molecule has 2 radical (unpaired) electrons. The molecule has 0 saturated carbocycles. The number of alkyl halides is 1. The van der Waals surface area contributed by atoms with Crippen LogP contribution in [0.4, 0.5) is 4.39 Å². The van der Waals surface area contributed by atoms with Crippen molar-refractivity contribution in [3.8, 4) is 0 Å². The van der Waals surface area contributed by atoms with Gasteiger partial charge < -0.3 is 0 Å². The van der Waals surface area contributed by atoms with Crippen LogP contribution in [0.15, 0.2) is 0 Å². The maximum atomic E-state index is 11.7. The van der Waals surface area contributed by atoms with E-state index >= 15 is 0 Å². The van der Waals surface area contributed by atoms with Gasteiger partial charge in [0, 0.05) is 0 Å². The van der Waals surface area contributed by atoms with Gasteiger partial charge in [0.15, 0.2) is 0 Å². The molecule has 0 aromatic rings. The van der Waals surface area contributed by atoms with E-state index in [1.165, 1.54) is 0 Å². The van der Waals surface area contributed by atoms with Crippen LogP contribution in [0.2, 0.25) is 0 Å². The Hall–Kier alpha value is 0.488. The van der Waals surface area contributed by atoms with Gasteiger partial charge in [-0.15, -0.1) is 0 Å². The Morgan fingerprint density at radius 3 is 2.33 bits per heavy atom. The molecule has 0 aromatic heterocycles. The molecule has 0 aliphatic heterocycles. The standard InChI is InChI=1S/C4H8AsF/c1-2-3-4(5)6/h4H,2-3H2,1H3. The van der Waals surface area contributed by atoms with Crippen LogP contribution in [0.25, 0.3) is 0 Å². The molecule has 1 unspecified atom stereocenters. The third-order valence-corrected chi connectivity index (χ3v) is 1.07. The normalized spacial score (nSPS) is 14.5. The predicted molar refractivity (Wildman–Crippen MR) is 25.6 cm³/mol. The third-order valence-electron chi connectivity index (χ3n) is 0.527. The Balaban J connectivity index is 2.63. The van der Waals surface area contributed by atoms with Crippen LogP contribution < -0.4 is 0 Å². The van der Waals surface area contributed by atoms with Crippen LogP contribution >= 0.6 is 0 Å². The average molecular weight is 150 g/mol. The summed E-state index contributed by atoms with van der Waals surface area (Å²) in [5.41, 5.74) is 0. The van der Waals surface area contributed by atoms with Crippen molar-refractivity contribution in [3.63, 3.8) is 0 Å². The second-order valence-electron chi connectivity index (χ2n) is 1.22. The zero-order valence-electron chi connectivity index (χ0n) is 3.82. The molecule has 0 amide bonds. The van der Waals surface area contributed by atoms with E-state index in [1.54, 1.807) is 0 Å². The molecule has 0 spiro atoms. The van der Waals surface area contributed by atoms with Crippen LogP contribution in [0.3, 0.4) is 0 Å². The van der Waals surface area contributed by atoms with Gasteiger partial charge in [-0.3, -0.25) is 0 Å². The summed E-state index contributed by atoms with van der Waals surface area (Å²) >= 11 is 1.98. The topological polar surface area (TPSA) is 0 Å². The molecular formula is C4H8AsF. The fourth-order valence-electron chi connectivity index (χ4n) is 0.238. The molecule has 0 N–H and O–H groups in total. The van der Waals surface area contributed by atoms with Gasteiger partial charge in [-0.25, -0.2) is 0 Å². The number of hydrogen-bond acceptors (Lipinski definition) is 0. The molecule has 0 fully saturated rings. The van der Waals surface area contributed by atoms with Gasteiger partial charge in [0.1, 0.15) is 0 Å². The molecule has 0 nitrogen and oxygen atoms in total. The number of halogens is 1. The van der Waals surface area contributed by atoms with Gasteiger partial charge in [-0.1, -0.05) is 0 Å². The summed E-state index contributed by atoms with van der Waals surface area (Å²) in [6, 6.07) is 0. The second-order valence-corrected chi connectivity index (χ2v) is 2.40. The SMILES string of the molecule is CCCC(F)[As]. The van der Waals surface area contributed by atoms with Gasteiger partial charge in [0.05, 0.1) is 0 Å². The minimum absolute atomic E-state index is 0.664. The first-order valence-electron chi connectivity index (χ1n) is 2.09. The molecule has 1 atom stereocenters. The molecule has 0 aliphatic carbocycles. The summed E-state index contributed by atoms with van der Waals surface area (Å²) < 4.78 is 11.7. The average Bonchev–Trinajstić information content (AvgIpc) is 1.35. The summed E-state index contributed by atoms with van der Waals surface area (Å²) in [5, 5.41) is 0. The first-order valence-corrected chi connectivity index (χ1v) is 3.18. The van der Waals surface area contributed by atoms with E-state index in [2.05, 4.69) is 0 Å². The van der Waals surface area contributed by atoms with Crippen molar-refractivity contribution in [3.05, 3.63) is 0 Å². The zero-order chi connectivity index (χ0) is 4.99. The second kappa shape index (κ2) is 3.67. The molecule has 2 heteroatoms. The van der Waals surface area contributed by atoms with Crippen molar-refractivity contribution in [2.24, 2.45) is 0 Å². The van der Waals surface area contributed by atoms with Crippen LogP contribution in [-0.4, -0.2) is 21.8 Å². The van der Waals surface area contributed by atoms with Crippen LogP contribution in [0.5, 0.6) is 0 Å². The van der Waals surface area contributed by atoms with Crippen molar-refractivity contribution in [1.29, 1.82) is 0 Å². The molecular weight excluding hydrogens is 142 g/mol. The molecule has 36 valence electrons. The van der Waals surface area contributed by atoms with Gasteiger partial charge >= 0.3 is 46.0 Å². The Kier molecular flexibility index (Phi) is 3.97. The van der Waals surface area contributed by atoms with E-state index in [9.17, 15) is 4.39 Å². The van der Waals surface area contributed by atoms with Crippen molar-refractivity contribution in [1.82, 2.24) is 0 Å². The summed E-state index contributed by atoms with van der Waals surface area (Å²) in [6.45, 7) is 1.97. The number of hydrogen-bond donors (Lipinski definition) is 0. The fourth-order valence-corrected chi connectivity index (χ4v) is 0.780. The first-order chi connectivity index (χ1) is 2.77. The van der Waals surface area contributed by atoms with Gasteiger partial charge in [-0.2, -0.15) is 0 Å². The summed E-state index contributed by atoms with van der Waals surface area (Å²) in [5.74, 6) is 0. The molecule has 0 bridgehead atoms. The molecule has 6 heavy (non-hydrogen) atoms. The summed E-state index contributed by atoms with van der Waals surface area (Å²) in [7, 11) is 0. The van der Waals surface area contributed by atoms with Gasteiger partial charge in [0.2, 0.25) is 0 Å². The van der Waals surface area contributed by atoms with Crippen LogP contribution in [0.1, 0.15) is 19.8 Å². The van der Waals surface area contributed by atoms with Crippen LogP contribution in [-0.2, 0) is 0 Å². The van der Waals surface area contributed by atoms with Gasteiger partial charge in [0.25, 0.3) is 0 Å². The quantitative estimate of drug-likeness (QED) is 0.519. The Morgan fingerprint density at radius 1 is 1.83 bits per heavy atom. The molecule has 0 aliphatic rings. The molecule has 0 rings (SSSR count). The van der Waals surface area contributed by atoms with E-state index in [1.807, 2.05) is 23.8 Å². The molecule has 0 saturated heterocycles. The van der Waals surface area contributed by atoms with Gasteiger partial charge in [-0.05, 0) is 0 Å². The Morgan fingerprint density at radius 2 is 2.33 bits per heavy atom. The predicted octanol–water partition coefficient (Wildman–Crippen LogP) is 1.25.